The Morgan fingerprint density at radius 3 is 0.983 bits per heavy atom. The summed E-state index contributed by atoms with van der Waals surface area (Å²) in [6.45, 7) is 18.7. The third-order valence-corrected chi connectivity index (χ3v) is 31.5. The zero-order valence-electron chi connectivity index (χ0n) is 75.7. The summed E-state index contributed by atoms with van der Waals surface area (Å²) in [6.07, 6.45) is 65.5. The number of thiazole rings is 2. The first-order valence-corrected chi connectivity index (χ1v) is 52.7. The highest BCUT2D eigenvalue weighted by molar-refractivity contribution is 7.27. The molecule has 12 rings (SSSR count). The average molecular weight is 1700 g/mol. The van der Waals surface area contributed by atoms with Gasteiger partial charge in [0.25, 0.3) is 23.6 Å². The molecule has 12 heteroatoms. The van der Waals surface area contributed by atoms with Crippen LogP contribution in [0.5, 0.6) is 0 Å². The maximum absolute atomic E-state index is 16.7. The monoisotopic (exact) mass is 1700 g/mol. The quantitative estimate of drug-likeness (QED) is 0.0214. The van der Waals surface area contributed by atoms with Crippen molar-refractivity contribution in [3.63, 3.8) is 0 Å². The first-order valence-electron chi connectivity index (χ1n) is 49.5. The van der Waals surface area contributed by atoms with Crippen LogP contribution in [0.3, 0.4) is 0 Å². The summed E-state index contributed by atoms with van der Waals surface area (Å²) in [4.78, 5) is 83.4. The molecule has 4 aromatic heterocycles. The van der Waals surface area contributed by atoms with Gasteiger partial charge in [0, 0.05) is 71.5 Å². The lowest BCUT2D eigenvalue weighted by atomic mass is 9.80. The van der Waals surface area contributed by atoms with Crippen LogP contribution in [0, 0.1) is 25.7 Å². The van der Waals surface area contributed by atoms with Crippen molar-refractivity contribution in [3.8, 4) is 30.8 Å². The zero-order chi connectivity index (χ0) is 84.0. The predicted molar refractivity (Wildman–Crippen MR) is 524 cm³/mol. The van der Waals surface area contributed by atoms with Crippen LogP contribution in [-0.2, 0) is 12.8 Å². The molecule has 6 aromatic carbocycles. The molecule has 2 unspecified atom stereocenters. The van der Waals surface area contributed by atoms with Crippen LogP contribution in [0.15, 0.2) is 72.8 Å². The third kappa shape index (κ3) is 24.3. The molecule has 0 saturated heterocycles. The summed E-state index contributed by atoms with van der Waals surface area (Å²) in [5, 5.41) is 11.0. The number of thiophene rings is 2. The lowest BCUT2D eigenvalue weighted by molar-refractivity contribution is 0.0557. The highest BCUT2D eigenvalue weighted by Gasteiger charge is 2.44. The van der Waals surface area contributed by atoms with E-state index in [1.54, 1.807) is 43.8 Å². The molecule has 0 spiro atoms. The summed E-state index contributed by atoms with van der Waals surface area (Å²) in [6, 6.07) is 27.0. The molecule has 8 nitrogen and oxygen atoms in total. The molecule has 0 radical (unpaired) electrons. The van der Waals surface area contributed by atoms with Crippen molar-refractivity contribution in [1.82, 2.24) is 19.8 Å². The third-order valence-electron chi connectivity index (χ3n) is 27.1. The number of aromatic nitrogens is 2. The standard InChI is InChI=1S/C108H150N4O4S4/c1-9-15-21-27-33-37-39-43-47-53-59-79(57-51-45-41-35-29-23-17-11-3)75-111-106(114)90-74-88(101-99-89(73-87(93-68-63-77(7)117-93)100(98(90)99)107(111)115)105(113)112(108(101)116)76-80(58-52-46-42-36-30-24-18-12-4)60-54-48-44-40-38-34-28-22-16-10-2)94-69-70-95(119-94)104-110-92-67-65-84-86-71-81(61-55-49-31-25-19-13-5)96-83(64-66-91-102(96)118-78(8)109-91)85(86)72-82(97(84)103(92)120-104)62-56-50-32-26-20-14-6/h63-74,79-80H,9-62,75-76H2,1-8H3. The van der Waals surface area contributed by atoms with Crippen molar-refractivity contribution in [2.24, 2.45) is 11.8 Å². The van der Waals surface area contributed by atoms with Gasteiger partial charge in [0.1, 0.15) is 5.01 Å². The largest absolute Gasteiger partial charge is 0.274 e. The van der Waals surface area contributed by atoms with E-state index in [0.29, 0.717) is 57.2 Å². The van der Waals surface area contributed by atoms with Gasteiger partial charge in [-0.2, -0.15) is 0 Å². The predicted octanol–water partition coefficient (Wildman–Crippen LogP) is 35.2. The van der Waals surface area contributed by atoms with E-state index in [4.69, 9.17) is 9.97 Å². The molecule has 0 N–H and O–H groups in total. The van der Waals surface area contributed by atoms with Gasteiger partial charge in [0.15, 0.2) is 0 Å². The number of hydrogen-bond donors (Lipinski definition) is 0. The van der Waals surface area contributed by atoms with Gasteiger partial charge in [-0.1, -0.05) is 349 Å². The molecule has 10 aromatic rings. The number of benzene rings is 6. The van der Waals surface area contributed by atoms with E-state index in [1.165, 1.54) is 297 Å². The second-order valence-electron chi connectivity index (χ2n) is 36.8. The van der Waals surface area contributed by atoms with Gasteiger partial charge < -0.3 is 0 Å². The van der Waals surface area contributed by atoms with Crippen LogP contribution in [0.2, 0.25) is 0 Å². The topological polar surface area (TPSA) is 101 Å². The Balaban J connectivity index is 0.957. The molecule has 2 aliphatic heterocycles. The van der Waals surface area contributed by atoms with Crippen molar-refractivity contribution in [2.45, 2.75) is 402 Å². The van der Waals surface area contributed by atoms with Gasteiger partial charge in [-0.3, -0.25) is 29.0 Å². The Labute approximate surface area is 739 Å². The van der Waals surface area contributed by atoms with Crippen LogP contribution in [0.1, 0.15) is 438 Å². The number of amides is 4. The van der Waals surface area contributed by atoms with Gasteiger partial charge in [-0.15, -0.1) is 45.3 Å². The SMILES string of the molecule is CCCCCCCCCCCCC(CCCCCCCCCC)CN1C(=O)c2cc(-c3ccc(-c4nc5ccc6c7cc(CCCCCCCC)c8c(ccc9nc(C)sc98)c7cc(CCCCCCCC)c6c5s4)s3)c3c4c(cc(-c5ccc(C)s5)c(c24)C1=O)C(=O)N(CC(CCCCCCCCCC)CCCCCCCCCCCC)C3=O. The van der Waals surface area contributed by atoms with E-state index >= 15 is 19.2 Å². The number of rotatable bonds is 61. The number of hydrogen-bond acceptors (Lipinski definition) is 10. The molecule has 650 valence electrons. The number of carbonyl (C=O) groups excluding carboxylic acids is 4. The summed E-state index contributed by atoms with van der Waals surface area (Å²) in [5.41, 5.74) is 8.00. The highest BCUT2D eigenvalue weighted by Crippen LogP contribution is 2.51. The number of imide groups is 2. The summed E-state index contributed by atoms with van der Waals surface area (Å²) >= 11 is 6.90. The fourth-order valence-corrected chi connectivity index (χ4v) is 24.3. The molecule has 0 bridgehead atoms. The lowest BCUT2D eigenvalue weighted by Gasteiger charge is -2.36. The lowest BCUT2D eigenvalue weighted by Crippen LogP contribution is -2.46. The Morgan fingerprint density at radius 2 is 0.617 bits per heavy atom. The van der Waals surface area contributed by atoms with Gasteiger partial charge >= 0.3 is 0 Å². The van der Waals surface area contributed by atoms with Gasteiger partial charge in [-0.25, -0.2) is 9.97 Å². The van der Waals surface area contributed by atoms with Crippen molar-refractivity contribution in [1.29, 1.82) is 0 Å². The molecule has 2 atom stereocenters. The fourth-order valence-electron chi connectivity index (χ4n) is 20.2. The molecule has 6 heterocycles. The van der Waals surface area contributed by atoms with E-state index in [1.807, 2.05) is 23.5 Å². The smallest absolute Gasteiger partial charge is 0.262 e. The molecule has 0 saturated carbocycles. The van der Waals surface area contributed by atoms with Gasteiger partial charge in [0.2, 0.25) is 0 Å². The summed E-state index contributed by atoms with van der Waals surface area (Å²) in [7, 11) is 0. The Morgan fingerprint density at radius 1 is 0.292 bits per heavy atom. The van der Waals surface area contributed by atoms with Gasteiger partial charge in [0.05, 0.1) is 41.4 Å². The fraction of sp³-hybridized carbons (Fsp3) is 0.611. The van der Waals surface area contributed by atoms with Crippen molar-refractivity contribution in [3.05, 3.63) is 116 Å². The second-order valence-corrected chi connectivity index (χ2v) is 41.4. The van der Waals surface area contributed by atoms with Crippen molar-refractivity contribution in [2.75, 3.05) is 13.1 Å². The van der Waals surface area contributed by atoms with Crippen LogP contribution >= 0.6 is 45.3 Å². The number of aryl methyl sites for hydroxylation is 4. The van der Waals surface area contributed by atoms with E-state index in [2.05, 4.69) is 116 Å². The Kier molecular flexibility index (Phi) is 37.9. The molecule has 4 amide bonds. The number of fused-ring (bicyclic) bond motifs is 9. The van der Waals surface area contributed by atoms with Crippen molar-refractivity contribution >= 4 is 132 Å². The number of unbranched alkanes of at least 4 members (excludes halogenated alkanes) is 42. The van der Waals surface area contributed by atoms with Gasteiger partial charge in [-0.05, 0) is 170 Å². The van der Waals surface area contributed by atoms with Crippen LogP contribution in [-0.4, -0.2) is 56.5 Å². The minimum absolute atomic E-state index is 0.138. The number of carbonyl (C=O) groups is 4. The van der Waals surface area contributed by atoms with Crippen LogP contribution in [0.4, 0.5) is 0 Å². The Bertz CT molecular complexity index is 4930. The average Bonchev–Trinajstić information content (AvgIpc) is 0.813. The van der Waals surface area contributed by atoms with E-state index in [9.17, 15) is 0 Å². The normalized spacial score (nSPS) is 13.7. The highest BCUT2D eigenvalue weighted by atomic mass is 32.1. The van der Waals surface area contributed by atoms with E-state index < -0.39 is 0 Å². The van der Waals surface area contributed by atoms with Crippen LogP contribution in [0.25, 0.3) is 94.3 Å². The molecular formula is C108H150N4O4S4. The van der Waals surface area contributed by atoms with E-state index in [-0.39, 0.29) is 35.5 Å². The van der Waals surface area contributed by atoms with Crippen molar-refractivity contribution < 1.29 is 19.2 Å². The second kappa shape index (κ2) is 48.9. The van der Waals surface area contributed by atoms with E-state index in [0.717, 1.165) is 143 Å². The zero-order valence-corrected chi connectivity index (χ0v) is 79.0. The van der Waals surface area contributed by atoms with Crippen LogP contribution < -0.4 is 0 Å². The molecule has 0 aliphatic carbocycles. The minimum atomic E-state index is -0.312. The molecule has 2 aliphatic rings. The molecule has 0 fully saturated rings. The summed E-state index contributed by atoms with van der Waals surface area (Å²) in [5.74, 6) is -0.949. The first-order chi connectivity index (χ1) is 58.9. The molecular weight excluding hydrogens is 1550 g/mol. The maximum Gasteiger partial charge on any atom is 0.262 e. The molecule has 120 heavy (non-hydrogen) atoms. The summed E-state index contributed by atoms with van der Waals surface area (Å²) < 4.78 is 2.52. The number of nitrogens with zero attached hydrogens (tertiary/aromatic N) is 4. The maximum atomic E-state index is 16.7. The Hall–Kier alpha value is -6.18. The minimum Gasteiger partial charge on any atom is -0.274 e. The first kappa shape index (κ1) is 93.0.